The minimum absolute atomic E-state index is 0.114. The number of thiophene rings is 1. The Labute approximate surface area is 167 Å². The molecule has 0 unspecified atom stereocenters. The molecular formula is C22H20N2O3S. The van der Waals surface area contributed by atoms with Crippen molar-refractivity contribution in [2.24, 2.45) is 5.10 Å². The second-order valence-electron chi connectivity index (χ2n) is 6.75. The van der Waals surface area contributed by atoms with Crippen LogP contribution in [0.15, 0.2) is 65.1 Å². The average Bonchev–Trinajstić information content (AvgIpc) is 3.42. The third-order valence-electron chi connectivity index (χ3n) is 5.21. The fourth-order valence-electron chi connectivity index (χ4n) is 3.82. The molecule has 5 nitrogen and oxygen atoms in total. The minimum Gasteiger partial charge on any atom is -0.497 e. The van der Waals surface area contributed by atoms with Crippen LogP contribution < -0.4 is 14.2 Å². The molecule has 0 aliphatic carbocycles. The van der Waals surface area contributed by atoms with Gasteiger partial charge in [0.25, 0.3) is 0 Å². The monoisotopic (exact) mass is 392 g/mol. The highest BCUT2D eigenvalue weighted by Crippen LogP contribution is 2.50. The Morgan fingerprint density at radius 3 is 2.61 bits per heavy atom. The molecule has 142 valence electrons. The van der Waals surface area contributed by atoms with Crippen LogP contribution in [-0.2, 0) is 0 Å². The van der Waals surface area contributed by atoms with Crippen LogP contribution in [0.5, 0.6) is 17.2 Å². The quantitative estimate of drug-likeness (QED) is 0.626. The van der Waals surface area contributed by atoms with Crippen molar-refractivity contribution >= 4 is 17.0 Å². The lowest BCUT2D eigenvalue weighted by Gasteiger charge is -2.38. The molecule has 6 heteroatoms. The molecule has 2 aliphatic rings. The Morgan fingerprint density at radius 2 is 1.89 bits per heavy atom. The van der Waals surface area contributed by atoms with E-state index in [2.05, 4.69) is 28.6 Å². The Kier molecular flexibility index (Phi) is 4.20. The molecule has 1 aromatic heterocycles. The van der Waals surface area contributed by atoms with Crippen LogP contribution in [0.1, 0.15) is 34.7 Å². The number of ether oxygens (including phenoxy) is 3. The molecule has 0 spiro atoms. The zero-order valence-corrected chi connectivity index (χ0v) is 16.5. The zero-order chi connectivity index (χ0) is 19.1. The predicted molar refractivity (Wildman–Crippen MR) is 109 cm³/mol. The molecule has 0 amide bonds. The van der Waals surface area contributed by atoms with E-state index >= 15 is 0 Å². The smallest absolute Gasteiger partial charge is 0.214 e. The van der Waals surface area contributed by atoms with E-state index in [9.17, 15) is 0 Å². The van der Waals surface area contributed by atoms with Gasteiger partial charge in [-0.2, -0.15) is 5.10 Å². The van der Waals surface area contributed by atoms with Gasteiger partial charge in [0.15, 0.2) is 11.5 Å². The van der Waals surface area contributed by atoms with Gasteiger partial charge in [-0.25, -0.2) is 5.01 Å². The molecule has 0 bridgehead atoms. The maximum absolute atomic E-state index is 6.45. The van der Waals surface area contributed by atoms with Crippen LogP contribution in [-0.4, -0.2) is 24.9 Å². The summed E-state index contributed by atoms with van der Waals surface area (Å²) in [6.07, 6.45) is 0.522. The first-order valence-corrected chi connectivity index (χ1v) is 10.0. The Balaban J connectivity index is 1.61. The predicted octanol–water partition coefficient (Wildman–Crippen LogP) is 5.01. The van der Waals surface area contributed by atoms with E-state index in [0.29, 0.717) is 0 Å². The van der Waals surface area contributed by atoms with Gasteiger partial charge in [0, 0.05) is 17.5 Å². The number of hydrazone groups is 1. The SMILES string of the molecule is COc1ccc([C@H]2Oc3c(OC)cccc3[C@H]3CC(c4cccs4)=NN32)cc1. The second-order valence-corrected chi connectivity index (χ2v) is 7.69. The van der Waals surface area contributed by atoms with Gasteiger partial charge in [-0.3, -0.25) is 0 Å². The Morgan fingerprint density at radius 1 is 1.04 bits per heavy atom. The average molecular weight is 392 g/mol. The van der Waals surface area contributed by atoms with E-state index in [-0.39, 0.29) is 12.3 Å². The maximum atomic E-state index is 6.45. The number of hydrogen-bond acceptors (Lipinski definition) is 6. The van der Waals surface area contributed by atoms with Gasteiger partial charge in [0.05, 0.1) is 30.9 Å². The van der Waals surface area contributed by atoms with E-state index in [4.69, 9.17) is 19.3 Å². The van der Waals surface area contributed by atoms with Crippen molar-refractivity contribution in [2.45, 2.75) is 18.7 Å². The lowest BCUT2D eigenvalue weighted by molar-refractivity contribution is -0.0209. The second kappa shape index (κ2) is 6.87. The molecule has 3 heterocycles. The van der Waals surface area contributed by atoms with E-state index in [1.54, 1.807) is 25.6 Å². The van der Waals surface area contributed by atoms with Crippen molar-refractivity contribution < 1.29 is 14.2 Å². The van der Waals surface area contributed by atoms with Gasteiger partial charge in [-0.1, -0.05) is 18.2 Å². The van der Waals surface area contributed by atoms with Crippen LogP contribution in [0.25, 0.3) is 0 Å². The molecule has 28 heavy (non-hydrogen) atoms. The normalized spacial score (nSPS) is 20.1. The summed E-state index contributed by atoms with van der Waals surface area (Å²) in [4.78, 5) is 1.20. The van der Waals surface area contributed by atoms with Gasteiger partial charge < -0.3 is 14.2 Å². The molecule has 2 aliphatic heterocycles. The summed E-state index contributed by atoms with van der Waals surface area (Å²) >= 11 is 1.72. The van der Waals surface area contributed by atoms with E-state index in [1.165, 1.54) is 4.88 Å². The molecular weight excluding hydrogens is 372 g/mol. The molecule has 0 N–H and O–H groups in total. The third-order valence-corrected chi connectivity index (χ3v) is 6.13. The van der Waals surface area contributed by atoms with E-state index < -0.39 is 0 Å². The number of para-hydroxylation sites is 1. The standard InChI is InChI=1S/C22H20N2O3S/c1-25-15-10-8-14(9-11-15)22-24-18(13-17(23-24)20-7-4-12-28-20)16-5-3-6-19(26-2)21(16)27-22/h3-12,18,22H,13H2,1-2H3/t18-,22-/m1/s1. The number of methoxy groups -OCH3 is 2. The number of nitrogens with zero attached hydrogens (tertiary/aromatic N) is 2. The van der Waals surface area contributed by atoms with Gasteiger partial charge in [0.1, 0.15) is 5.75 Å². The fourth-order valence-corrected chi connectivity index (χ4v) is 4.55. The molecule has 5 rings (SSSR count). The molecule has 2 atom stereocenters. The first-order chi connectivity index (χ1) is 13.8. The zero-order valence-electron chi connectivity index (χ0n) is 15.7. The summed E-state index contributed by atoms with van der Waals surface area (Å²) in [6.45, 7) is 0. The maximum Gasteiger partial charge on any atom is 0.214 e. The van der Waals surface area contributed by atoms with Crippen molar-refractivity contribution in [1.29, 1.82) is 0 Å². The van der Waals surface area contributed by atoms with E-state index in [0.717, 1.165) is 40.5 Å². The molecule has 0 saturated carbocycles. The van der Waals surface area contributed by atoms with Gasteiger partial charge in [-0.05, 0) is 41.8 Å². The third kappa shape index (κ3) is 2.72. The molecule has 2 aromatic carbocycles. The highest BCUT2D eigenvalue weighted by molar-refractivity contribution is 7.12. The van der Waals surface area contributed by atoms with Crippen molar-refractivity contribution in [2.75, 3.05) is 14.2 Å². The van der Waals surface area contributed by atoms with Crippen molar-refractivity contribution in [1.82, 2.24) is 5.01 Å². The summed E-state index contributed by atoms with van der Waals surface area (Å²) in [5.41, 5.74) is 3.23. The highest BCUT2D eigenvalue weighted by Gasteiger charge is 2.42. The number of hydrogen-bond donors (Lipinski definition) is 0. The molecule has 0 fully saturated rings. The lowest BCUT2D eigenvalue weighted by Crippen LogP contribution is -2.33. The molecule has 0 radical (unpaired) electrons. The molecule has 3 aromatic rings. The summed E-state index contributed by atoms with van der Waals surface area (Å²) in [5.74, 6) is 2.37. The van der Waals surface area contributed by atoms with Crippen molar-refractivity contribution in [3.8, 4) is 17.2 Å². The highest BCUT2D eigenvalue weighted by atomic mass is 32.1. The first kappa shape index (κ1) is 17.1. The molecule has 0 saturated heterocycles. The first-order valence-electron chi connectivity index (χ1n) is 9.15. The largest absolute Gasteiger partial charge is 0.497 e. The number of fused-ring (bicyclic) bond motifs is 3. The van der Waals surface area contributed by atoms with Crippen LogP contribution in [0.4, 0.5) is 0 Å². The summed E-state index contributed by atoms with van der Waals surface area (Å²) in [7, 11) is 3.34. The Hall–Kier alpha value is -2.99. The van der Waals surface area contributed by atoms with Gasteiger partial charge in [0.2, 0.25) is 6.23 Å². The van der Waals surface area contributed by atoms with Crippen molar-refractivity contribution in [3.05, 3.63) is 76.0 Å². The minimum atomic E-state index is -0.322. The number of benzene rings is 2. The van der Waals surface area contributed by atoms with E-state index in [1.807, 2.05) is 36.4 Å². The summed E-state index contributed by atoms with van der Waals surface area (Å²) in [6, 6.07) is 18.3. The fraction of sp³-hybridized carbons (Fsp3) is 0.227. The Bertz CT molecular complexity index is 1010. The van der Waals surface area contributed by atoms with Gasteiger partial charge in [-0.15, -0.1) is 11.3 Å². The summed E-state index contributed by atoms with van der Waals surface area (Å²) in [5, 5.41) is 9.14. The summed E-state index contributed by atoms with van der Waals surface area (Å²) < 4.78 is 17.3. The van der Waals surface area contributed by atoms with Crippen molar-refractivity contribution in [3.63, 3.8) is 0 Å². The van der Waals surface area contributed by atoms with Gasteiger partial charge >= 0.3 is 0 Å². The van der Waals surface area contributed by atoms with Crippen LogP contribution in [0.3, 0.4) is 0 Å². The lowest BCUT2D eigenvalue weighted by atomic mass is 9.97. The van der Waals surface area contributed by atoms with Crippen LogP contribution in [0.2, 0.25) is 0 Å². The van der Waals surface area contributed by atoms with Crippen LogP contribution in [0, 0.1) is 0 Å². The van der Waals surface area contributed by atoms with Crippen LogP contribution >= 0.6 is 11.3 Å². The topological polar surface area (TPSA) is 43.3 Å². The number of rotatable bonds is 4.